The van der Waals surface area contributed by atoms with Crippen molar-refractivity contribution in [2.24, 2.45) is 11.7 Å². The van der Waals surface area contributed by atoms with Gasteiger partial charge >= 0.3 is 6.03 Å². The zero-order chi connectivity index (χ0) is 15.2. The van der Waals surface area contributed by atoms with Crippen LogP contribution in [-0.4, -0.2) is 42.5 Å². The predicted molar refractivity (Wildman–Crippen MR) is 77.3 cm³/mol. The summed E-state index contributed by atoms with van der Waals surface area (Å²) in [6.45, 7) is 4.07. The predicted octanol–water partition coefficient (Wildman–Crippen LogP) is 0.275. The number of hydrogen-bond acceptors (Lipinski definition) is 5. The largest absolute Gasteiger partial charge is 0.467 e. The minimum Gasteiger partial charge on any atom is -0.467 e. The van der Waals surface area contributed by atoms with Gasteiger partial charge in [-0.3, -0.25) is 15.0 Å². The number of carbonyl (C=O) groups is 2. The number of amides is 3. The fraction of sp³-hybridized carbons (Fsp3) is 0.571. The Morgan fingerprint density at radius 2 is 2.33 bits per heavy atom. The molecule has 1 aliphatic rings. The molecule has 2 atom stereocenters. The third kappa shape index (κ3) is 4.87. The molecule has 0 aromatic carbocycles. The van der Waals surface area contributed by atoms with E-state index in [2.05, 4.69) is 17.6 Å². The first-order valence-corrected chi connectivity index (χ1v) is 7.12. The Kier molecular flexibility index (Phi) is 5.35. The minimum absolute atomic E-state index is 0.0827. The summed E-state index contributed by atoms with van der Waals surface area (Å²) < 4.78 is 5.08. The number of carbonyl (C=O) groups excluding carboxylic acids is 2. The van der Waals surface area contributed by atoms with E-state index in [0.29, 0.717) is 18.2 Å². The Bertz CT molecular complexity index is 475. The number of urea groups is 1. The van der Waals surface area contributed by atoms with Gasteiger partial charge in [-0.25, -0.2) is 4.79 Å². The third-order valence-corrected chi connectivity index (χ3v) is 3.72. The number of nitrogens with zero attached hydrogens (tertiary/aromatic N) is 1. The molecule has 4 N–H and O–H groups in total. The second-order valence-corrected chi connectivity index (χ2v) is 5.48. The highest BCUT2D eigenvalue weighted by atomic mass is 16.3. The second-order valence-electron chi connectivity index (χ2n) is 5.48. The van der Waals surface area contributed by atoms with Crippen LogP contribution in [-0.2, 0) is 11.3 Å². The van der Waals surface area contributed by atoms with Gasteiger partial charge in [-0.2, -0.15) is 0 Å². The molecule has 1 fully saturated rings. The molecule has 7 heteroatoms. The lowest BCUT2D eigenvalue weighted by atomic mass is 9.94. The van der Waals surface area contributed by atoms with E-state index in [9.17, 15) is 9.59 Å². The van der Waals surface area contributed by atoms with Crippen LogP contribution in [0.15, 0.2) is 22.8 Å². The first-order valence-electron chi connectivity index (χ1n) is 7.12. The number of imide groups is 1. The maximum absolute atomic E-state index is 11.8. The first-order chi connectivity index (χ1) is 10.0. The zero-order valence-corrected chi connectivity index (χ0v) is 12.2. The number of likely N-dealkylation sites (tertiary alicyclic amines) is 1. The molecule has 0 aliphatic carbocycles. The molecule has 21 heavy (non-hydrogen) atoms. The van der Waals surface area contributed by atoms with Crippen molar-refractivity contribution < 1.29 is 14.0 Å². The van der Waals surface area contributed by atoms with E-state index in [4.69, 9.17) is 10.2 Å². The van der Waals surface area contributed by atoms with Crippen LogP contribution in [0.3, 0.4) is 0 Å². The zero-order valence-electron chi connectivity index (χ0n) is 12.2. The average Bonchev–Trinajstić information content (AvgIpc) is 2.94. The Labute approximate surface area is 123 Å². The van der Waals surface area contributed by atoms with Gasteiger partial charge < -0.3 is 15.5 Å². The van der Waals surface area contributed by atoms with Gasteiger partial charge in [-0.15, -0.1) is 0 Å². The lowest BCUT2D eigenvalue weighted by molar-refractivity contribution is -0.121. The number of nitrogens with one attached hydrogen (secondary N) is 2. The van der Waals surface area contributed by atoms with Gasteiger partial charge in [0.05, 0.1) is 19.4 Å². The van der Waals surface area contributed by atoms with Crippen LogP contribution in [0.25, 0.3) is 0 Å². The molecule has 0 saturated carbocycles. The lowest BCUT2D eigenvalue weighted by Crippen LogP contribution is -2.51. The van der Waals surface area contributed by atoms with Gasteiger partial charge in [0.15, 0.2) is 0 Å². The molecule has 0 spiro atoms. The molecule has 1 aromatic rings. The Morgan fingerprint density at radius 1 is 1.52 bits per heavy atom. The summed E-state index contributed by atoms with van der Waals surface area (Å²) in [6.07, 6.45) is 2.50. The van der Waals surface area contributed by atoms with Crippen molar-refractivity contribution in [1.82, 2.24) is 15.5 Å². The van der Waals surface area contributed by atoms with Crippen LogP contribution in [0.2, 0.25) is 0 Å². The van der Waals surface area contributed by atoms with Crippen molar-refractivity contribution in [3.8, 4) is 0 Å². The van der Waals surface area contributed by atoms with Crippen molar-refractivity contribution >= 4 is 11.9 Å². The normalized spacial score (nSPS) is 22.8. The minimum atomic E-state index is -0.522. The Hall–Kier alpha value is -1.86. The highest BCUT2D eigenvalue weighted by Gasteiger charge is 2.24. The number of furan rings is 1. The first kappa shape index (κ1) is 15.5. The topological polar surface area (TPSA) is 101 Å². The highest BCUT2D eigenvalue weighted by molar-refractivity contribution is 5.95. The molecule has 0 bridgehead atoms. The van der Waals surface area contributed by atoms with Crippen molar-refractivity contribution in [2.45, 2.75) is 25.9 Å². The van der Waals surface area contributed by atoms with Gasteiger partial charge in [-0.1, -0.05) is 6.92 Å². The SMILES string of the molecule is CC1CCN(CC(=O)NC(=O)NCc2ccco2)CC1N. The monoisotopic (exact) mass is 294 g/mol. The van der Waals surface area contributed by atoms with E-state index in [-0.39, 0.29) is 25.0 Å². The molecule has 0 radical (unpaired) electrons. The highest BCUT2D eigenvalue weighted by Crippen LogP contribution is 2.14. The molecule has 3 amide bonds. The summed E-state index contributed by atoms with van der Waals surface area (Å²) in [5.74, 6) is 0.781. The summed E-state index contributed by atoms with van der Waals surface area (Å²) in [7, 11) is 0. The lowest BCUT2D eigenvalue weighted by Gasteiger charge is -2.34. The van der Waals surface area contributed by atoms with Gasteiger partial charge in [0.2, 0.25) is 5.91 Å². The molecule has 2 unspecified atom stereocenters. The van der Waals surface area contributed by atoms with Gasteiger partial charge in [-0.05, 0) is 31.0 Å². The summed E-state index contributed by atoms with van der Waals surface area (Å²) in [4.78, 5) is 25.3. The Morgan fingerprint density at radius 3 is 3.00 bits per heavy atom. The fourth-order valence-corrected chi connectivity index (χ4v) is 2.31. The standard InChI is InChI=1S/C14H22N4O3/c1-10-4-5-18(8-12(10)15)9-13(19)17-14(20)16-7-11-3-2-6-21-11/h2-3,6,10,12H,4-5,7-9,15H2,1H3,(H2,16,17,19,20). The van der Waals surface area contributed by atoms with Gasteiger partial charge in [0.25, 0.3) is 0 Å². The van der Waals surface area contributed by atoms with Crippen molar-refractivity contribution in [2.75, 3.05) is 19.6 Å². The third-order valence-electron chi connectivity index (χ3n) is 3.72. The smallest absolute Gasteiger partial charge is 0.321 e. The van der Waals surface area contributed by atoms with Crippen molar-refractivity contribution in [3.05, 3.63) is 24.2 Å². The number of nitrogens with two attached hydrogens (primary N) is 1. The van der Waals surface area contributed by atoms with E-state index < -0.39 is 6.03 Å². The fourth-order valence-electron chi connectivity index (χ4n) is 2.31. The molecule has 1 saturated heterocycles. The molecule has 1 aliphatic heterocycles. The molecule has 1 aromatic heterocycles. The van der Waals surface area contributed by atoms with Crippen LogP contribution in [0.5, 0.6) is 0 Å². The van der Waals surface area contributed by atoms with Crippen molar-refractivity contribution in [1.29, 1.82) is 0 Å². The number of hydrogen-bond donors (Lipinski definition) is 3. The Balaban J connectivity index is 1.68. The van der Waals surface area contributed by atoms with Crippen molar-refractivity contribution in [3.63, 3.8) is 0 Å². The van der Waals surface area contributed by atoms with E-state index in [1.165, 1.54) is 6.26 Å². The van der Waals surface area contributed by atoms with E-state index >= 15 is 0 Å². The summed E-state index contributed by atoms with van der Waals surface area (Å²) in [6, 6.07) is 3.05. The van der Waals surface area contributed by atoms with Crippen LogP contribution >= 0.6 is 0 Å². The summed E-state index contributed by atoms with van der Waals surface area (Å²) in [5, 5.41) is 4.86. The van der Waals surface area contributed by atoms with Crippen LogP contribution in [0, 0.1) is 5.92 Å². The van der Waals surface area contributed by atoms with Crippen LogP contribution in [0.1, 0.15) is 19.1 Å². The molecular formula is C14H22N4O3. The molecule has 2 rings (SSSR count). The molecule has 7 nitrogen and oxygen atoms in total. The van der Waals surface area contributed by atoms with Gasteiger partial charge in [0.1, 0.15) is 5.76 Å². The second kappa shape index (κ2) is 7.24. The number of piperidine rings is 1. The molecule has 116 valence electrons. The van der Waals surface area contributed by atoms with E-state index in [0.717, 1.165) is 13.0 Å². The molecular weight excluding hydrogens is 272 g/mol. The van der Waals surface area contributed by atoms with E-state index in [1.807, 2.05) is 4.90 Å². The molecule has 2 heterocycles. The van der Waals surface area contributed by atoms with Crippen LogP contribution < -0.4 is 16.4 Å². The summed E-state index contributed by atoms with van der Waals surface area (Å²) in [5.41, 5.74) is 5.98. The average molecular weight is 294 g/mol. The van der Waals surface area contributed by atoms with Crippen LogP contribution in [0.4, 0.5) is 4.79 Å². The quantitative estimate of drug-likeness (QED) is 0.740. The maximum atomic E-state index is 11.8. The summed E-state index contributed by atoms with van der Waals surface area (Å²) >= 11 is 0. The van der Waals surface area contributed by atoms with E-state index in [1.54, 1.807) is 12.1 Å². The number of rotatable bonds is 4. The van der Waals surface area contributed by atoms with Gasteiger partial charge in [0, 0.05) is 12.6 Å². The maximum Gasteiger partial charge on any atom is 0.321 e.